The molecule has 2 amide bonds. The van der Waals surface area contributed by atoms with Crippen LogP contribution in [0.4, 0.5) is 0 Å². The zero-order chi connectivity index (χ0) is 26.0. The lowest BCUT2D eigenvalue weighted by atomic mass is 10.0. The van der Waals surface area contributed by atoms with Gasteiger partial charge in [0, 0.05) is 15.6 Å². The van der Waals surface area contributed by atoms with Crippen molar-refractivity contribution < 1.29 is 19.1 Å². The van der Waals surface area contributed by atoms with Crippen LogP contribution in [0.2, 0.25) is 15.1 Å². The lowest BCUT2D eigenvalue weighted by Crippen LogP contribution is -2.49. The second-order valence-corrected chi connectivity index (χ2v) is 9.57. The Morgan fingerprint density at radius 3 is 2.29 bits per heavy atom. The molecule has 2 rings (SSSR count). The molecule has 0 spiro atoms. The molecule has 2 aromatic carbocycles. The third kappa shape index (κ3) is 9.59. The van der Waals surface area contributed by atoms with E-state index in [-0.39, 0.29) is 10.9 Å². The Balaban J connectivity index is 2.05. The van der Waals surface area contributed by atoms with Crippen LogP contribution < -0.4 is 20.2 Å². The molecule has 0 bridgehead atoms. The Bertz CT molecular complexity index is 1050. The standard InChI is InChI=1S/C25H30Cl3N3O4/c1-5-10-34-22-8-6-18(26)12-17(22)14-29-31-25(33)21(11-15(2)3)30-24(32)16(4)35-23-9-7-19(27)13-20(23)28/h6-9,12-16,21H,5,10-11H2,1-4H3,(H,30,32)(H,31,33)/b29-14-/t16-,21-/m1/s1. The number of hydrogen-bond acceptors (Lipinski definition) is 5. The first-order valence-corrected chi connectivity index (χ1v) is 12.4. The van der Waals surface area contributed by atoms with Gasteiger partial charge in [-0.1, -0.05) is 55.6 Å². The molecule has 35 heavy (non-hydrogen) atoms. The van der Waals surface area contributed by atoms with E-state index in [2.05, 4.69) is 15.8 Å². The number of carbonyl (C=O) groups excluding carboxylic acids is 2. The minimum atomic E-state index is -0.899. The molecule has 0 fully saturated rings. The number of carbonyl (C=O) groups is 2. The van der Waals surface area contributed by atoms with Gasteiger partial charge in [-0.15, -0.1) is 0 Å². The van der Waals surface area contributed by atoms with Crippen LogP contribution in [0.15, 0.2) is 41.5 Å². The van der Waals surface area contributed by atoms with E-state index in [9.17, 15) is 9.59 Å². The Kier molecular flexibility index (Phi) is 11.6. The molecule has 0 heterocycles. The van der Waals surface area contributed by atoms with E-state index < -0.39 is 24.0 Å². The van der Waals surface area contributed by atoms with Crippen molar-refractivity contribution in [2.75, 3.05) is 6.61 Å². The van der Waals surface area contributed by atoms with Crippen molar-refractivity contribution in [3.05, 3.63) is 57.0 Å². The van der Waals surface area contributed by atoms with Crippen molar-refractivity contribution >= 4 is 52.8 Å². The van der Waals surface area contributed by atoms with Gasteiger partial charge in [-0.25, -0.2) is 5.43 Å². The first-order valence-electron chi connectivity index (χ1n) is 11.3. The summed E-state index contributed by atoms with van der Waals surface area (Å²) in [6.45, 7) is 8.01. The van der Waals surface area contributed by atoms with Crippen molar-refractivity contribution in [3.8, 4) is 11.5 Å². The lowest BCUT2D eigenvalue weighted by molar-refractivity contribution is -0.132. The van der Waals surface area contributed by atoms with E-state index in [1.165, 1.54) is 12.3 Å². The van der Waals surface area contributed by atoms with Gasteiger partial charge < -0.3 is 14.8 Å². The van der Waals surface area contributed by atoms with Gasteiger partial charge in [0.05, 0.1) is 17.8 Å². The van der Waals surface area contributed by atoms with Crippen molar-refractivity contribution in [2.45, 2.75) is 52.7 Å². The maximum Gasteiger partial charge on any atom is 0.262 e. The summed E-state index contributed by atoms with van der Waals surface area (Å²) < 4.78 is 11.3. The van der Waals surface area contributed by atoms with Crippen LogP contribution >= 0.6 is 34.8 Å². The highest BCUT2D eigenvalue weighted by atomic mass is 35.5. The molecule has 0 radical (unpaired) electrons. The smallest absolute Gasteiger partial charge is 0.262 e. The number of nitrogens with zero attached hydrogens (tertiary/aromatic N) is 1. The van der Waals surface area contributed by atoms with Crippen molar-refractivity contribution in [3.63, 3.8) is 0 Å². The van der Waals surface area contributed by atoms with Crippen LogP contribution in [0.25, 0.3) is 0 Å². The molecule has 0 unspecified atom stereocenters. The van der Waals surface area contributed by atoms with E-state index in [0.717, 1.165) is 6.42 Å². The number of ether oxygens (including phenoxy) is 2. The van der Waals surface area contributed by atoms with Gasteiger partial charge >= 0.3 is 0 Å². The number of hydrazone groups is 1. The van der Waals surface area contributed by atoms with Crippen LogP contribution in [0.5, 0.6) is 11.5 Å². The lowest BCUT2D eigenvalue weighted by Gasteiger charge is -2.22. The van der Waals surface area contributed by atoms with Gasteiger partial charge in [0.1, 0.15) is 17.5 Å². The maximum atomic E-state index is 12.8. The number of hydrogen-bond donors (Lipinski definition) is 2. The molecule has 2 atom stereocenters. The molecule has 190 valence electrons. The number of nitrogens with one attached hydrogen (secondary N) is 2. The van der Waals surface area contributed by atoms with Crippen LogP contribution in [-0.2, 0) is 9.59 Å². The average molecular weight is 543 g/mol. The molecule has 0 aromatic heterocycles. The molecule has 0 aliphatic heterocycles. The maximum absolute atomic E-state index is 12.8. The van der Waals surface area contributed by atoms with Gasteiger partial charge in [0.2, 0.25) is 0 Å². The molecule has 10 heteroatoms. The zero-order valence-electron chi connectivity index (χ0n) is 20.1. The minimum Gasteiger partial charge on any atom is -0.493 e. The highest BCUT2D eigenvalue weighted by Crippen LogP contribution is 2.28. The molecular weight excluding hydrogens is 513 g/mol. The Morgan fingerprint density at radius 1 is 1.00 bits per heavy atom. The molecule has 7 nitrogen and oxygen atoms in total. The fourth-order valence-corrected chi connectivity index (χ4v) is 3.65. The van der Waals surface area contributed by atoms with Crippen molar-refractivity contribution in [1.82, 2.24) is 10.7 Å². The second kappa shape index (κ2) is 14.2. The molecule has 2 N–H and O–H groups in total. The Hall–Kier alpha value is -2.48. The van der Waals surface area contributed by atoms with E-state index in [1.54, 1.807) is 37.3 Å². The van der Waals surface area contributed by atoms with Crippen LogP contribution in [0.3, 0.4) is 0 Å². The predicted octanol–water partition coefficient (Wildman–Crippen LogP) is 5.88. The fourth-order valence-electron chi connectivity index (χ4n) is 3.01. The minimum absolute atomic E-state index is 0.138. The number of benzene rings is 2. The molecule has 2 aromatic rings. The fraction of sp³-hybridized carbons (Fsp3) is 0.400. The van der Waals surface area contributed by atoms with Gasteiger partial charge in [-0.2, -0.15) is 5.10 Å². The molecular formula is C25H30Cl3N3O4. The molecule has 0 aliphatic carbocycles. The van der Waals surface area contributed by atoms with Crippen LogP contribution in [-0.4, -0.2) is 36.8 Å². The highest BCUT2D eigenvalue weighted by molar-refractivity contribution is 6.35. The number of halogens is 3. The summed E-state index contributed by atoms with van der Waals surface area (Å²) in [6, 6.07) is 9.05. The summed E-state index contributed by atoms with van der Waals surface area (Å²) >= 11 is 18.1. The SMILES string of the molecule is CCCOc1ccc(Cl)cc1/C=N\NC(=O)[C@@H](CC(C)C)NC(=O)[C@@H](C)Oc1ccc(Cl)cc1Cl. The molecule has 0 saturated heterocycles. The van der Waals surface area contributed by atoms with E-state index in [1.807, 2.05) is 20.8 Å². The topological polar surface area (TPSA) is 89.0 Å². The zero-order valence-corrected chi connectivity index (χ0v) is 22.4. The largest absolute Gasteiger partial charge is 0.493 e. The summed E-state index contributed by atoms with van der Waals surface area (Å²) in [7, 11) is 0. The molecule has 0 saturated carbocycles. The van der Waals surface area contributed by atoms with E-state index >= 15 is 0 Å². The van der Waals surface area contributed by atoms with Gasteiger partial charge in [0.15, 0.2) is 6.10 Å². The monoisotopic (exact) mass is 541 g/mol. The predicted molar refractivity (Wildman–Crippen MR) is 141 cm³/mol. The van der Waals surface area contributed by atoms with E-state index in [0.29, 0.717) is 40.1 Å². The summed E-state index contributed by atoms with van der Waals surface area (Å²) in [5, 5.41) is 8.03. The van der Waals surface area contributed by atoms with Crippen molar-refractivity contribution in [2.24, 2.45) is 11.0 Å². The van der Waals surface area contributed by atoms with Crippen LogP contribution in [0, 0.1) is 5.92 Å². The van der Waals surface area contributed by atoms with Crippen molar-refractivity contribution in [1.29, 1.82) is 0 Å². The first-order chi connectivity index (χ1) is 16.6. The Labute approximate surface area is 221 Å². The number of rotatable bonds is 12. The quantitative estimate of drug-likeness (QED) is 0.259. The average Bonchev–Trinajstić information content (AvgIpc) is 2.79. The van der Waals surface area contributed by atoms with E-state index in [4.69, 9.17) is 44.3 Å². The normalized spacial score (nSPS) is 12.9. The van der Waals surface area contributed by atoms with Crippen LogP contribution in [0.1, 0.15) is 46.1 Å². The van der Waals surface area contributed by atoms with Gasteiger partial charge in [-0.3, -0.25) is 9.59 Å². The summed E-state index contributed by atoms with van der Waals surface area (Å²) in [6.07, 6.45) is 1.81. The summed E-state index contributed by atoms with van der Waals surface area (Å²) in [5.41, 5.74) is 3.11. The molecule has 0 aliphatic rings. The summed E-state index contributed by atoms with van der Waals surface area (Å²) in [4.78, 5) is 25.6. The van der Waals surface area contributed by atoms with Gasteiger partial charge in [0.25, 0.3) is 11.8 Å². The third-order valence-electron chi connectivity index (χ3n) is 4.72. The summed E-state index contributed by atoms with van der Waals surface area (Å²) in [5.74, 6) is 0.131. The Morgan fingerprint density at radius 2 is 1.66 bits per heavy atom. The second-order valence-electron chi connectivity index (χ2n) is 8.29. The number of amides is 2. The highest BCUT2D eigenvalue weighted by Gasteiger charge is 2.25. The van der Waals surface area contributed by atoms with Gasteiger partial charge in [-0.05, 0) is 62.1 Å². The first kappa shape index (κ1) is 28.8. The third-order valence-corrected chi connectivity index (χ3v) is 5.48.